The third-order valence-electron chi connectivity index (χ3n) is 3.67. The van der Waals surface area contributed by atoms with E-state index in [-0.39, 0.29) is 11.7 Å². The van der Waals surface area contributed by atoms with Crippen LogP contribution < -0.4 is 4.90 Å². The molecule has 0 radical (unpaired) electrons. The first-order chi connectivity index (χ1) is 8.95. The van der Waals surface area contributed by atoms with Crippen LogP contribution in [0.1, 0.15) is 48.2 Å². The summed E-state index contributed by atoms with van der Waals surface area (Å²) in [5.74, 6) is -0.314. The van der Waals surface area contributed by atoms with Crippen molar-refractivity contribution in [2.45, 2.75) is 40.5 Å². The molecule has 0 bridgehead atoms. The van der Waals surface area contributed by atoms with E-state index >= 15 is 0 Å². The van der Waals surface area contributed by atoms with E-state index in [4.69, 9.17) is 0 Å². The molecule has 0 N–H and O–H groups in total. The molecule has 3 nitrogen and oxygen atoms in total. The summed E-state index contributed by atoms with van der Waals surface area (Å²) in [6.07, 6.45) is 2.16. The van der Waals surface area contributed by atoms with Crippen LogP contribution in [0.25, 0.3) is 0 Å². The first kappa shape index (κ1) is 13.8. The van der Waals surface area contributed by atoms with Gasteiger partial charge in [-0.3, -0.25) is 9.59 Å². The molecule has 0 saturated carbocycles. The molecular formula is C16H21NO2. The number of benzene rings is 1. The van der Waals surface area contributed by atoms with Crippen LogP contribution in [0.15, 0.2) is 12.1 Å². The molecule has 1 aromatic carbocycles. The lowest BCUT2D eigenvalue weighted by Crippen LogP contribution is -2.34. The van der Waals surface area contributed by atoms with Crippen molar-refractivity contribution >= 4 is 17.4 Å². The average molecular weight is 259 g/mol. The zero-order valence-electron chi connectivity index (χ0n) is 12.1. The maximum atomic E-state index is 12.1. The fourth-order valence-corrected chi connectivity index (χ4v) is 2.90. The van der Waals surface area contributed by atoms with E-state index in [2.05, 4.69) is 13.8 Å². The molecule has 0 fully saturated rings. The molecule has 102 valence electrons. The maximum Gasteiger partial charge on any atom is 0.299 e. The highest BCUT2D eigenvalue weighted by atomic mass is 16.2. The summed E-state index contributed by atoms with van der Waals surface area (Å²) in [4.78, 5) is 25.9. The van der Waals surface area contributed by atoms with E-state index in [0.717, 1.165) is 29.7 Å². The SMILES string of the molecule is CCCC(C)CN1C(=O)C(=O)c2cc(C)cc(C)c21. The number of Topliss-reactive ketones (excluding diaryl/α,β-unsaturated/α-hetero) is 1. The minimum absolute atomic E-state index is 0.356. The topological polar surface area (TPSA) is 37.4 Å². The minimum atomic E-state index is -0.369. The van der Waals surface area contributed by atoms with Crippen LogP contribution in [0.4, 0.5) is 5.69 Å². The Balaban J connectivity index is 2.39. The Hall–Kier alpha value is -1.64. The lowest BCUT2D eigenvalue weighted by atomic mass is 10.0. The molecular weight excluding hydrogens is 238 g/mol. The first-order valence-electron chi connectivity index (χ1n) is 6.93. The summed E-state index contributed by atoms with van der Waals surface area (Å²) in [5.41, 5.74) is 3.44. The molecule has 1 atom stereocenters. The smallest absolute Gasteiger partial charge is 0.299 e. The van der Waals surface area contributed by atoms with E-state index in [1.165, 1.54) is 0 Å². The first-order valence-corrected chi connectivity index (χ1v) is 6.93. The van der Waals surface area contributed by atoms with Crippen LogP contribution in [0.5, 0.6) is 0 Å². The number of aryl methyl sites for hydroxylation is 2. The van der Waals surface area contributed by atoms with Crippen LogP contribution in [-0.2, 0) is 4.79 Å². The Morgan fingerprint density at radius 1 is 1.21 bits per heavy atom. The fraction of sp³-hybridized carbons (Fsp3) is 0.500. The summed E-state index contributed by atoms with van der Waals surface area (Å²) in [7, 11) is 0. The van der Waals surface area contributed by atoms with E-state index in [1.54, 1.807) is 4.90 Å². The van der Waals surface area contributed by atoms with Gasteiger partial charge in [-0.25, -0.2) is 0 Å². The Labute approximate surface area is 114 Å². The van der Waals surface area contributed by atoms with Gasteiger partial charge >= 0.3 is 0 Å². The van der Waals surface area contributed by atoms with Gasteiger partial charge in [-0.1, -0.05) is 26.3 Å². The number of carbonyl (C=O) groups excluding carboxylic acids is 2. The van der Waals surface area contributed by atoms with Gasteiger partial charge in [-0.15, -0.1) is 0 Å². The van der Waals surface area contributed by atoms with Gasteiger partial charge < -0.3 is 4.90 Å². The summed E-state index contributed by atoms with van der Waals surface area (Å²) in [5, 5.41) is 0. The second-order valence-corrected chi connectivity index (χ2v) is 5.62. The normalized spacial score (nSPS) is 15.9. The van der Waals surface area contributed by atoms with Gasteiger partial charge in [0.25, 0.3) is 11.7 Å². The Kier molecular flexibility index (Phi) is 3.74. The predicted molar refractivity (Wildman–Crippen MR) is 76.7 cm³/mol. The molecule has 3 heteroatoms. The zero-order chi connectivity index (χ0) is 14.2. The molecule has 1 aliphatic heterocycles. The standard InChI is InChI=1S/C16H21NO2/c1-5-6-10(2)9-17-14-12(4)7-11(3)8-13(14)15(18)16(17)19/h7-8,10H,5-6,9H2,1-4H3. The monoisotopic (exact) mass is 259 g/mol. The number of ketones is 1. The molecule has 1 aliphatic rings. The Morgan fingerprint density at radius 2 is 1.89 bits per heavy atom. The van der Waals surface area contributed by atoms with Gasteiger partial charge in [0, 0.05) is 6.54 Å². The van der Waals surface area contributed by atoms with Gasteiger partial charge in [0.1, 0.15) is 0 Å². The van der Waals surface area contributed by atoms with Crippen LogP contribution in [0.2, 0.25) is 0 Å². The second kappa shape index (κ2) is 5.16. The van der Waals surface area contributed by atoms with E-state index in [9.17, 15) is 9.59 Å². The van der Waals surface area contributed by atoms with Crippen molar-refractivity contribution in [2.24, 2.45) is 5.92 Å². The van der Waals surface area contributed by atoms with E-state index < -0.39 is 0 Å². The van der Waals surface area contributed by atoms with Crippen LogP contribution in [-0.4, -0.2) is 18.2 Å². The van der Waals surface area contributed by atoms with Gasteiger partial charge in [0.2, 0.25) is 0 Å². The van der Waals surface area contributed by atoms with Crippen molar-refractivity contribution in [3.05, 3.63) is 28.8 Å². The number of anilines is 1. The molecule has 0 spiro atoms. The van der Waals surface area contributed by atoms with E-state index in [1.807, 2.05) is 26.0 Å². The minimum Gasteiger partial charge on any atom is -0.304 e. The van der Waals surface area contributed by atoms with Crippen molar-refractivity contribution in [3.8, 4) is 0 Å². The largest absolute Gasteiger partial charge is 0.304 e. The van der Waals surface area contributed by atoms with Crippen molar-refractivity contribution in [3.63, 3.8) is 0 Å². The molecule has 0 aromatic heterocycles. The average Bonchev–Trinajstić information content (AvgIpc) is 2.55. The third kappa shape index (κ3) is 2.42. The molecule has 2 rings (SSSR count). The summed E-state index contributed by atoms with van der Waals surface area (Å²) in [6.45, 7) is 8.82. The molecule has 0 aliphatic carbocycles. The summed E-state index contributed by atoms with van der Waals surface area (Å²) < 4.78 is 0. The highest BCUT2D eigenvalue weighted by Gasteiger charge is 2.37. The predicted octanol–water partition coefficient (Wildman–Crippen LogP) is 3.27. The number of fused-ring (bicyclic) bond motifs is 1. The molecule has 19 heavy (non-hydrogen) atoms. The molecule has 1 unspecified atom stereocenters. The van der Waals surface area contributed by atoms with Gasteiger partial charge in [-0.05, 0) is 43.4 Å². The van der Waals surface area contributed by atoms with Crippen molar-refractivity contribution < 1.29 is 9.59 Å². The second-order valence-electron chi connectivity index (χ2n) is 5.62. The van der Waals surface area contributed by atoms with Crippen molar-refractivity contribution in [1.29, 1.82) is 0 Å². The number of hydrogen-bond donors (Lipinski definition) is 0. The lowest BCUT2D eigenvalue weighted by molar-refractivity contribution is -0.114. The highest BCUT2D eigenvalue weighted by Crippen LogP contribution is 2.34. The molecule has 1 heterocycles. The summed E-state index contributed by atoms with van der Waals surface area (Å²) in [6, 6.07) is 3.86. The number of hydrogen-bond acceptors (Lipinski definition) is 2. The van der Waals surface area contributed by atoms with Crippen molar-refractivity contribution in [2.75, 3.05) is 11.4 Å². The number of amides is 1. The fourth-order valence-electron chi connectivity index (χ4n) is 2.90. The van der Waals surface area contributed by atoms with E-state index in [0.29, 0.717) is 18.0 Å². The van der Waals surface area contributed by atoms with Crippen LogP contribution in [0.3, 0.4) is 0 Å². The van der Waals surface area contributed by atoms with Crippen LogP contribution >= 0.6 is 0 Å². The van der Waals surface area contributed by atoms with Gasteiger partial charge in [-0.2, -0.15) is 0 Å². The number of carbonyl (C=O) groups is 2. The third-order valence-corrected chi connectivity index (χ3v) is 3.67. The van der Waals surface area contributed by atoms with Crippen molar-refractivity contribution in [1.82, 2.24) is 0 Å². The highest BCUT2D eigenvalue weighted by molar-refractivity contribution is 6.52. The van der Waals surface area contributed by atoms with Crippen LogP contribution in [0, 0.1) is 19.8 Å². The quantitative estimate of drug-likeness (QED) is 0.778. The number of rotatable bonds is 4. The zero-order valence-corrected chi connectivity index (χ0v) is 12.1. The number of nitrogens with zero attached hydrogens (tertiary/aromatic N) is 1. The Bertz CT molecular complexity index is 534. The Morgan fingerprint density at radius 3 is 2.53 bits per heavy atom. The maximum absolute atomic E-state index is 12.1. The molecule has 0 saturated heterocycles. The van der Waals surface area contributed by atoms with Gasteiger partial charge in [0.05, 0.1) is 11.3 Å². The van der Waals surface area contributed by atoms with Gasteiger partial charge in [0.15, 0.2) is 0 Å². The molecule has 1 amide bonds. The molecule has 1 aromatic rings. The summed E-state index contributed by atoms with van der Waals surface area (Å²) >= 11 is 0. The lowest BCUT2D eigenvalue weighted by Gasteiger charge is -2.22.